The van der Waals surface area contributed by atoms with Crippen LogP contribution < -0.4 is 10.9 Å². The second-order valence-corrected chi connectivity index (χ2v) is 6.28. The minimum absolute atomic E-state index is 0.00317. The highest BCUT2D eigenvalue weighted by molar-refractivity contribution is 7.71. The van der Waals surface area contributed by atoms with E-state index < -0.39 is 29.2 Å². The van der Waals surface area contributed by atoms with Gasteiger partial charge in [0.15, 0.2) is 4.77 Å². The predicted octanol–water partition coefficient (Wildman–Crippen LogP) is 3.46. The lowest BCUT2D eigenvalue weighted by Gasteiger charge is -2.30. The second-order valence-electron chi connectivity index (χ2n) is 5.87. The number of esters is 1. The normalized spacial score (nSPS) is 16.6. The number of hydrogen-bond donors (Lipinski definition) is 3. The molecular formula is C17H14F3N3O3S. The van der Waals surface area contributed by atoms with Crippen molar-refractivity contribution in [2.45, 2.75) is 19.0 Å². The van der Waals surface area contributed by atoms with Crippen LogP contribution in [0.4, 0.5) is 19.0 Å². The SMILES string of the molecule is COC(=O)C1=C(C)Nc2[nH]c(=S)[nH]c(=O)c2C1c1ccccc1C(F)(F)F. The number of halogens is 3. The van der Waals surface area contributed by atoms with Crippen LogP contribution in [-0.4, -0.2) is 23.0 Å². The van der Waals surface area contributed by atoms with Crippen LogP contribution >= 0.6 is 12.2 Å². The van der Waals surface area contributed by atoms with Gasteiger partial charge in [-0.3, -0.25) is 9.78 Å². The van der Waals surface area contributed by atoms with Gasteiger partial charge in [0.2, 0.25) is 0 Å². The van der Waals surface area contributed by atoms with Crippen LogP contribution in [0.5, 0.6) is 0 Å². The molecule has 10 heteroatoms. The average Bonchev–Trinajstić information content (AvgIpc) is 2.58. The minimum atomic E-state index is -4.68. The van der Waals surface area contributed by atoms with Crippen LogP contribution in [0.3, 0.4) is 0 Å². The number of anilines is 1. The van der Waals surface area contributed by atoms with E-state index in [0.29, 0.717) is 0 Å². The third kappa shape index (κ3) is 3.27. The summed E-state index contributed by atoms with van der Waals surface area (Å²) in [5.41, 5.74) is -1.78. The fourth-order valence-electron chi connectivity index (χ4n) is 3.18. The van der Waals surface area contributed by atoms with E-state index >= 15 is 0 Å². The Morgan fingerprint density at radius 3 is 2.52 bits per heavy atom. The van der Waals surface area contributed by atoms with E-state index in [1.165, 1.54) is 25.1 Å². The number of alkyl halides is 3. The molecule has 0 radical (unpaired) electrons. The van der Waals surface area contributed by atoms with Crippen molar-refractivity contribution in [3.63, 3.8) is 0 Å². The van der Waals surface area contributed by atoms with Crippen molar-refractivity contribution >= 4 is 24.0 Å². The van der Waals surface area contributed by atoms with Crippen LogP contribution in [-0.2, 0) is 15.7 Å². The summed E-state index contributed by atoms with van der Waals surface area (Å²) in [6.45, 7) is 1.51. The smallest absolute Gasteiger partial charge is 0.416 e. The molecule has 142 valence electrons. The maximum Gasteiger partial charge on any atom is 0.416 e. The Balaban J connectivity index is 2.40. The van der Waals surface area contributed by atoms with E-state index in [9.17, 15) is 22.8 Å². The molecule has 27 heavy (non-hydrogen) atoms. The number of hydrogen-bond acceptors (Lipinski definition) is 5. The largest absolute Gasteiger partial charge is 0.466 e. The molecule has 1 unspecified atom stereocenters. The first-order valence-corrected chi connectivity index (χ1v) is 8.14. The standard InChI is InChI=1S/C17H14F3N3O3S/c1-7-10(15(25)26-2)11(8-5-3-4-6-9(8)17(18,19)20)12-13(21-7)22-16(27)23-14(12)24/h3-6,11H,1-2H3,(H3,21,22,23,24,27). The third-order valence-corrected chi connectivity index (χ3v) is 4.46. The maximum atomic E-state index is 13.6. The van der Waals surface area contributed by atoms with Gasteiger partial charge in [-0.15, -0.1) is 0 Å². The number of carbonyl (C=O) groups excluding carboxylic acids is 1. The van der Waals surface area contributed by atoms with Gasteiger partial charge < -0.3 is 15.0 Å². The predicted molar refractivity (Wildman–Crippen MR) is 93.9 cm³/mol. The van der Waals surface area contributed by atoms with E-state index in [0.717, 1.165) is 13.2 Å². The summed E-state index contributed by atoms with van der Waals surface area (Å²) >= 11 is 4.93. The molecule has 1 atom stereocenters. The van der Waals surface area contributed by atoms with E-state index in [1.807, 2.05) is 0 Å². The summed E-state index contributed by atoms with van der Waals surface area (Å²) in [5.74, 6) is -1.99. The lowest BCUT2D eigenvalue weighted by molar-refractivity contribution is -0.139. The molecule has 3 N–H and O–H groups in total. The van der Waals surface area contributed by atoms with E-state index in [-0.39, 0.29) is 33.0 Å². The minimum Gasteiger partial charge on any atom is -0.466 e. The van der Waals surface area contributed by atoms with Crippen molar-refractivity contribution in [3.8, 4) is 0 Å². The molecule has 6 nitrogen and oxygen atoms in total. The quantitative estimate of drug-likeness (QED) is 0.534. The number of methoxy groups -OCH3 is 1. The Morgan fingerprint density at radius 1 is 1.22 bits per heavy atom. The second kappa shape index (κ2) is 6.69. The fourth-order valence-corrected chi connectivity index (χ4v) is 3.38. The van der Waals surface area contributed by atoms with Crippen LogP contribution in [0, 0.1) is 4.77 Å². The molecule has 1 aromatic heterocycles. The number of aromatic amines is 2. The van der Waals surface area contributed by atoms with Crippen LogP contribution in [0.25, 0.3) is 0 Å². The van der Waals surface area contributed by atoms with Gasteiger partial charge in [-0.2, -0.15) is 13.2 Å². The van der Waals surface area contributed by atoms with E-state index in [4.69, 9.17) is 17.0 Å². The van der Waals surface area contributed by atoms with Gasteiger partial charge >= 0.3 is 12.1 Å². The summed E-state index contributed by atoms with van der Waals surface area (Å²) in [5, 5.41) is 2.82. The highest BCUT2D eigenvalue weighted by Crippen LogP contribution is 2.44. The van der Waals surface area contributed by atoms with Crippen molar-refractivity contribution in [2.24, 2.45) is 0 Å². The topological polar surface area (TPSA) is 87.0 Å². The van der Waals surface area contributed by atoms with Crippen molar-refractivity contribution in [3.05, 3.63) is 67.4 Å². The van der Waals surface area contributed by atoms with E-state index in [2.05, 4.69) is 15.3 Å². The van der Waals surface area contributed by atoms with Gasteiger partial charge in [0, 0.05) is 5.70 Å². The van der Waals surface area contributed by atoms with Gasteiger partial charge in [0.1, 0.15) is 5.82 Å². The Labute approximate surface area is 156 Å². The highest BCUT2D eigenvalue weighted by atomic mass is 32.1. The lowest BCUT2D eigenvalue weighted by Crippen LogP contribution is -2.31. The molecule has 2 heterocycles. The number of ether oxygens (including phenoxy) is 1. The molecule has 0 saturated carbocycles. The summed E-state index contributed by atoms with van der Waals surface area (Å²) in [6.07, 6.45) is -4.68. The number of rotatable bonds is 2. The van der Waals surface area contributed by atoms with Gasteiger partial charge in [-0.05, 0) is 30.8 Å². The Morgan fingerprint density at radius 2 is 1.89 bits per heavy atom. The van der Waals surface area contributed by atoms with Crippen molar-refractivity contribution in [2.75, 3.05) is 12.4 Å². The van der Waals surface area contributed by atoms with Crippen molar-refractivity contribution in [1.29, 1.82) is 0 Å². The molecule has 0 fully saturated rings. The number of allylic oxidation sites excluding steroid dienone is 1. The zero-order valence-electron chi connectivity index (χ0n) is 14.2. The number of aromatic nitrogens is 2. The zero-order chi connectivity index (χ0) is 19.9. The third-order valence-electron chi connectivity index (χ3n) is 4.26. The lowest BCUT2D eigenvalue weighted by atomic mass is 9.80. The first kappa shape index (κ1) is 18.9. The number of nitrogens with one attached hydrogen (secondary N) is 3. The molecule has 0 spiro atoms. The number of benzene rings is 1. The molecule has 1 aliphatic heterocycles. The van der Waals surface area contributed by atoms with Crippen LogP contribution in [0.2, 0.25) is 0 Å². The molecule has 0 aliphatic carbocycles. The fraction of sp³-hybridized carbons (Fsp3) is 0.235. The Hall–Kier alpha value is -2.88. The molecule has 0 amide bonds. The number of carbonyl (C=O) groups is 1. The highest BCUT2D eigenvalue weighted by Gasteiger charge is 2.41. The number of fused-ring (bicyclic) bond motifs is 1. The molecule has 0 saturated heterocycles. The zero-order valence-corrected chi connectivity index (χ0v) is 15.0. The van der Waals surface area contributed by atoms with Crippen LogP contribution in [0.1, 0.15) is 29.5 Å². The number of H-pyrrole nitrogens is 2. The molecule has 1 aliphatic rings. The first-order chi connectivity index (χ1) is 12.6. The van der Waals surface area contributed by atoms with Gasteiger partial charge in [-0.1, -0.05) is 18.2 Å². The summed E-state index contributed by atoms with van der Waals surface area (Å²) in [7, 11) is 1.12. The van der Waals surface area contributed by atoms with Crippen LogP contribution in [0.15, 0.2) is 40.3 Å². The summed E-state index contributed by atoms with van der Waals surface area (Å²) < 4.78 is 45.5. The molecule has 2 aromatic rings. The van der Waals surface area contributed by atoms with Gasteiger partial charge in [0.25, 0.3) is 5.56 Å². The van der Waals surface area contributed by atoms with Crippen molar-refractivity contribution in [1.82, 2.24) is 9.97 Å². The molecule has 1 aromatic carbocycles. The molecule has 3 rings (SSSR count). The molecular weight excluding hydrogens is 383 g/mol. The summed E-state index contributed by atoms with van der Waals surface area (Å²) in [6, 6.07) is 4.79. The van der Waals surface area contributed by atoms with Crippen molar-refractivity contribution < 1.29 is 22.7 Å². The van der Waals surface area contributed by atoms with E-state index in [1.54, 1.807) is 0 Å². The molecule has 0 bridgehead atoms. The van der Waals surface area contributed by atoms with Gasteiger partial charge in [-0.25, -0.2) is 4.79 Å². The average molecular weight is 397 g/mol. The summed E-state index contributed by atoms with van der Waals surface area (Å²) in [4.78, 5) is 30.0. The maximum absolute atomic E-state index is 13.6. The Bertz CT molecular complexity index is 1070. The monoisotopic (exact) mass is 397 g/mol. The first-order valence-electron chi connectivity index (χ1n) is 7.74. The van der Waals surface area contributed by atoms with Gasteiger partial charge in [0.05, 0.1) is 29.7 Å². The Kier molecular flexibility index (Phi) is 4.68.